The number of aromatic nitrogens is 1. The lowest BCUT2D eigenvalue weighted by molar-refractivity contribution is -0.133. The molecular formula is C34H38BrN3O3. The zero-order chi connectivity index (χ0) is 29.0. The van der Waals surface area contributed by atoms with Gasteiger partial charge in [-0.25, -0.2) is 0 Å². The molecule has 0 unspecified atom stereocenters. The molecule has 41 heavy (non-hydrogen) atoms. The minimum absolute atomic E-state index is 0.0263. The van der Waals surface area contributed by atoms with Gasteiger partial charge in [-0.15, -0.1) is 0 Å². The number of hydrogen-bond donors (Lipinski definition) is 0. The van der Waals surface area contributed by atoms with Crippen LogP contribution in [0.2, 0.25) is 0 Å². The molecule has 0 aliphatic carbocycles. The Balaban J connectivity index is 1.57. The molecule has 0 bridgehead atoms. The Morgan fingerprint density at radius 2 is 1.61 bits per heavy atom. The number of hydrogen-bond acceptors (Lipinski definition) is 3. The van der Waals surface area contributed by atoms with Crippen LogP contribution in [0.4, 0.5) is 0 Å². The van der Waals surface area contributed by atoms with E-state index >= 15 is 0 Å². The molecule has 0 aliphatic heterocycles. The molecule has 1 heterocycles. The molecule has 0 radical (unpaired) electrons. The predicted octanol–water partition coefficient (Wildman–Crippen LogP) is 7.17. The molecule has 0 saturated heterocycles. The van der Waals surface area contributed by atoms with Crippen molar-refractivity contribution in [2.24, 2.45) is 0 Å². The second kappa shape index (κ2) is 15.2. The molecule has 0 saturated carbocycles. The molecule has 0 aliphatic rings. The highest BCUT2D eigenvalue weighted by molar-refractivity contribution is 9.10. The van der Waals surface area contributed by atoms with Crippen molar-refractivity contribution in [3.05, 3.63) is 124 Å². The molecule has 4 rings (SSSR count). The van der Waals surface area contributed by atoms with Crippen molar-refractivity contribution < 1.29 is 14.3 Å². The first-order valence-corrected chi connectivity index (χ1v) is 14.9. The van der Waals surface area contributed by atoms with E-state index in [1.165, 1.54) is 0 Å². The number of ether oxygens (including phenoxy) is 1. The predicted molar refractivity (Wildman–Crippen MR) is 167 cm³/mol. The van der Waals surface area contributed by atoms with Crippen molar-refractivity contribution in [3.8, 4) is 5.75 Å². The third-order valence-corrected chi connectivity index (χ3v) is 7.54. The van der Waals surface area contributed by atoms with Crippen LogP contribution < -0.4 is 4.74 Å². The van der Waals surface area contributed by atoms with Crippen LogP contribution in [0.3, 0.4) is 0 Å². The van der Waals surface area contributed by atoms with Crippen LogP contribution in [0, 0.1) is 0 Å². The number of benzene rings is 3. The van der Waals surface area contributed by atoms with Crippen molar-refractivity contribution in [3.63, 3.8) is 0 Å². The van der Waals surface area contributed by atoms with Crippen LogP contribution in [-0.2, 0) is 24.4 Å². The highest BCUT2D eigenvalue weighted by atomic mass is 79.9. The Morgan fingerprint density at radius 1 is 0.829 bits per heavy atom. The number of rotatable bonds is 14. The SMILES string of the molecule is CCCCCN(CC(=O)N(Cc1ccccc1)Cc1cccn1Cc1cccc(OC)c1)C(=O)c1cccc(Br)c1. The molecule has 0 spiro atoms. The molecule has 1 aromatic heterocycles. The average Bonchev–Trinajstić information content (AvgIpc) is 3.42. The molecule has 0 N–H and O–H groups in total. The quantitative estimate of drug-likeness (QED) is 0.141. The average molecular weight is 617 g/mol. The van der Waals surface area contributed by atoms with Crippen LogP contribution in [-0.4, -0.2) is 46.4 Å². The molecule has 3 aromatic carbocycles. The fourth-order valence-electron chi connectivity index (χ4n) is 4.82. The summed E-state index contributed by atoms with van der Waals surface area (Å²) in [5.41, 5.74) is 3.76. The molecule has 2 amide bonds. The summed E-state index contributed by atoms with van der Waals surface area (Å²) < 4.78 is 8.40. The van der Waals surface area contributed by atoms with Gasteiger partial charge in [-0.2, -0.15) is 0 Å². The Hall–Kier alpha value is -3.84. The lowest BCUT2D eigenvalue weighted by Gasteiger charge is -2.28. The van der Waals surface area contributed by atoms with E-state index in [0.717, 1.165) is 46.3 Å². The van der Waals surface area contributed by atoms with Gasteiger partial charge < -0.3 is 19.1 Å². The maximum atomic E-state index is 14.0. The Bertz CT molecular complexity index is 1420. The van der Waals surface area contributed by atoms with Gasteiger partial charge in [0, 0.05) is 41.6 Å². The summed E-state index contributed by atoms with van der Waals surface area (Å²) in [5, 5.41) is 0. The van der Waals surface area contributed by atoms with Crippen molar-refractivity contribution in [2.75, 3.05) is 20.2 Å². The van der Waals surface area contributed by atoms with Crippen molar-refractivity contribution in [1.82, 2.24) is 14.4 Å². The van der Waals surface area contributed by atoms with E-state index in [4.69, 9.17) is 4.74 Å². The highest BCUT2D eigenvalue weighted by Crippen LogP contribution is 2.18. The minimum Gasteiger partial charge on any atom is -0.497 e. The van der Waals surface area contributed by atoms with E-state index in [2.05, 4.69) is 39.6 Å². The van der Waals surface area contributed by atoms with Crippen LogP contribution in [0.25, 0.3) is 0 Å². The largest absolute Gasteiger partial charge is 0.497 e. The highest BCUT2D eigenvalue weighted by Gasteiger charge is 2.23. The zero-order valence-electron chi connectivity index (χ0n) is 23.8. The first-order chi connectivity index (χ1) is 20.0. The number of carbonyl (C=O) groups is 2. The van der Waals surface area contributed by atoms with Crippen molar-refractivity contribution in [1.29, 1.82) is 0 Å². The first kappa shape index (κ1) is 30.1. The molecular weight excluding hydrogens is 578 g/mol. The molecule has 4 aromatic rings. The number of amides is 2. The van der Waals surface area contributed by atoms with Crippen LogP contribution in [0.5, 0.6) is 5.75 Å². The summed E-state index contributed by atoms with van der Waals surface area (Å²) in [6.45, 7) is 4.25. The number of halogens is 1. The summed E-state index contributed by atoms with van der Waals surface area (Å²) in [7, 11) is 1.67. The number of carbonyl (C=O) groups excluding carboxylic acids is 2. The second-order valence-corrected chi connectivity index (χ2v) is 11.1. The summed E-state index contributed by atoms with van der Waals surface area (Å²) >= 11 is 3.47. The van der Waals surface area contributed by atoms with Gasteiger partial charge in [0.1, 0.15) is 12.3 Å². The van der Waals surface area contributed by atoms with Crippen LogP contribution in [0.1, 0.15) is 53.4 Å². The van der Waals surface area contributed by atoms with E-state index in [9.17, 15) is 9.59 Å². The lowest BCUT2D eigenvalue weighted by Crippen LogP contribution is -2.43. The summed E-state index contributed by atoms with van der Waals surface area (Å²) in [5.74, 6) is 0.606. The molecule has 214 valence electrons. The van der Waals surface area contributed by atoms with Gasteiger partial charge >= 0.3 is 0 Å². The van der Waals surface area contributed by atoms with Gasteiger partial charge in [0.05, 0.1) is 13.7 Å². The van der Waals surface area contributed by atoms with E-state index in [1.807, 2.05) is 83.9 Å². The van der Waals surface area contributed by atoms with E-state index in [-0.39, 0.29) is 18.4 Å². The van der Waals surface area contributed by atoms with Crippen molar-refractivity contribution in [2.45, 2.75) is 45.8 Å². The molecule has 6 nitrogen and oxygen atoms in total. The minimum atomic E-state index is -0.128. The zero-order valence-corrected chi connectivity index (χ0v) is 25.4. The molecule has 0 atom stereocenters. The summed E-state index contributed by atoms with van der Waals surface area (Å²) in [4.78, 5) is 31.1. The lowest BCUT2D eigenvalue weighted by atomic mass is 10.1. The molecule has 0 fully saturated rings. The van der Waals surface area contributed by atoms with Crippen LogP contribution >= 0.6 is 15.9 Å². The van der Waals surface area contributed by atoms with Crippen molar-refractivity contribution >= 4 is 27.7 Å². The Labute approximate surface area is 251 Å². The summed E-state index contributed by atoms with van der Waals surface area (Å²) in [6.07, 6.45) is 4.93. The summed E-state index contributed by atoms with van der Waals surface area (Å²) in [6, 6.07) is 29.4. The second-order valence-electron chi connectivity index (χ2n) is 10.2. The van der Waals surface area contributed by atoms with Gasteiger partial charge in [0.15, 0.2) is 0 Å². The first-order valence-electron chi connectivity index (χ1n) is 14.1. The standard InChI is InChI=1S/C34H38BrN3O3/c1-3-4-8-19-37(34(40)29-15-10-16-30(35)22-29)26-33(39)38(23-27-12-6-5-7-13-27)25-31-17-11-20-36(31)24-28-14-9-18-32(21-28)41-2/h5-7,9-18,20-22H,3-4,8,19,23-26H2,1-2H3. The number of unbranched alkanes of at least 4 members (excludes halogenated alkanes) is 2. The monoisotopic (exact) mass is 615 g/mol. The van der Waals surface area contributed by atoms with Crippen LogP contribution in [0.15, 0.2) is 102 Å². The Kier molecular flexibility index (Phi) is 11.2. The van der Waals surface area contributed by atoms with E-state index < -0.39 is 0 Å². The normalized spacial score (nSPS) is 10.8. The topological polar surface area (TPSA) is 54.8 Å². The number of nitrogens with zero attached hydrogens (tertiary/aromatic N) is 3. The fourth-order valence-corrected chi connectivity index (χ4v) is 5.22. The number of methoxy groups -OCH3 is 1. The maximum absolute atomic E-state index is 14.0. The molecule has 7 heteroatoms. The van der Waals surface area contributed by atoms with Gasteiger partial charge in [-0.1, -0.05) is 84.2 Å². The van der Waals surface area contributed by atoms with Gasteiger partial charge in [0.25, 0.3) is 5.91 Å². The smallest absolute Gasteiger partial charge is 0.254 e. The third kappa shape index (κ3) is 8.82. The third-order valence-electron chi connectivity index (χ3n) is 7.05. The van der Waals surface area contributed by atoms with Gasteiger partial charge in [-0.3, -0.25) is 9.59 Å². The maximum Gasteiger partial charge on any atom is 0.254 e. The fraction of sp³-hybridized carbons (Fsp3) is 0.294. The van der Waals surface area contributed by atoms with Gasteiger partial charge in [-0.05, 0) is 60.0 Å². The van der Waals surface area contributed by atoms with Gasteiger partial charge in [0.2, 0.25) is 5.91 Å². The Morgan fingerprint density at radius 3 is 2.37 bits per heavy atom. The van der Waals surface area contributed by atoms with E-state index in [0.29, 0.717) is 31.7 Å². The van der Waals surface area contributed by atoms with E-state index in [1.54, 1.807) is 18.1 Å².